The predicted octanol–water partition coefficient (Wildman–Crippen LogP) is 3.13. The van der Waals surface area contributed by atoms with Crippen molar-refractivity contribution in [2.24, 2.45) is 0 Å². The van der Waals surface area contributed by atoms with Gasteiger partial charge in [0.05, 0.1) is 5.92 Å². The van der Waals surface area contributed by atoms with Gasteiger partial charge in [-0.2, -0.15) is 0 Å². The van der Waals surface area contributed by atoms with E-state index in [1.165, 1.54) is 0 Å². The minimum atomic E-state index is -0.556. The van der Waals surface area contributed by atoms with Crippen LogP contribution < -0.4 is 9.47 Å². The lowest BCUT2D eigenvalue weighted by molar-refractivity contribution is -0.481. The second-order valence-electron chi connectivity index (χ2n) is 4.84. The summed E-state index contributed by atoms with van der Waals surface area (Å²) in [5.41, 5.74) is 1.24. The summed E-state index contributed by atoms with van der Waals surface area (Å²) in [6.07, 6.45) is 0. The van der Waals surface area contributed by atoms with E-state index in [-0.39, 0.29) is 24.0 Å². The van der Waals surface area contributed by atoms with Crippen molar-refractivity contribution >= 4 is 22.6 Å². The van der Waals surface area contributed by atoms with Crippen molar-refractivity contribution in [3.05, 3.63) is 61.2 Å². The Balaban J connectivity index is 2.13. The third-order valence-corrected chi connectivity index (χ3v) is 4.52. The number of phenolic OH excluding ortho intramolecular Hbond substituents is 1. The van der Waals surface area contributed by atoms with Crippen molar-refractivity contribution in [3.63, 3.8) is 0 Å². The molecule has 114 valence electrons. The highest BCUT2D eigenvalue weighted by Gasteiger charge is 2.29. The molecule has 1 N–H and O–H groups in total. The molecule has 2 aromatic rings. The van der Waals surface area contributed by atoms with E-state index >= 15 is 0 Å². The molecule has 0 aromatic heterocycles. The van der Waals surface area contributed by atoms with Crippen LogP contribution >= 0.6 is 22.6 Å². The van der Waals surface area contributed by atoms with Crippen molar-refractivity contribution in [3.8, 4) is 17.2 Å². The Morgan fingerprint density at radius 1 is 1.32 bits per heavy atom. The highest BCUT2D eigenvalue weighted by atomic mass is 127. The summed E-state index contributed by atoms with van der Waals surface area (Å²) < 4.78 is 11.2. The average molecular weight is 413 g/mol. The van der Waals surface area contributed by atoms with Crippen molar-refractivity contribution < 1.29 is 19.5 Å². The zero-order valence-electron chi connectivity index (χ0n) is 11.4. The molecule has 0 bridgehead atoms. The minimum Gasteiger partial charge on any atom is -0.506 e. The number of ether oxygens (including phenoxy) is 2. The van der Waals surface area contributed by atoms with Crippen molar-refractivity contribution in [2.75, 3.05) is 13.3 Å². The topological polar surface area (TPSA) is 81.8 Å². The Morgan fingerprint density at radius 3 is 2.73 bits per heavy atom. The summed E-state index contributed by atoms with van der Waals surface area (Å²) in [5.74, 6) is 0.427. The van der Waals surface area contributed by atoms with Crippen LogP contribution in [0.25, 0.3) is 0 Å². The van der Waals surface area contributed by atoms with Crippen LogP contribution in [0, 0.1) is 13.7 Å². The summed E-state index contributed by atoms with van der Waals surface area (Å²) in [7, 11) is 0. The van der Waals surface area contributed by atoms with Gasteiger partial charge in [0.25, 0.3) is 0 Å². The van der Waals surface area contributed by atoms with E-state index in [0.29, 0.717) is 20.6 Å². The highest BCUT2D eigenvalue weighted by molar-refractivity contribution is 14.1. The molecule has 0 radical (unpaired) electrons. The molecule has 1 unspecified atom stereocenters. The Labute approximate surface area is 140 Å². The van der Waals surface area contributed by atoms with Gasteiger partial charge in [0.1, 0.15) is 9.32 Å². The van der Waals surface area contributed by atoms with Crippen LogP contribution in [0.15, 0.2) is 36.4 Å². The van der Waals surface area contributed by atoms with E-state index in [4.69, 9.17) is 9.47 Å². The molecule has 0 saturated carbocycles. The number of fused-ring (bicyclic) bond motifs is 1. The average Bonchev–Trinajstić information content (AvgIpc) is 2.98. The van der Waals surface area contributed by atoms with Gasteiger partial charge >= 0.3 is 0 Å². The van der Waals surface area contributed by atoms with Crippen molar-refractivity contribution in [1.29, 1.82) is 0 Å². The number of halogens is 1. The molecule has 7 heteroatoms. The van der Waals surface area contributed by atoms with Crippen LogP contribution in [0.3, 0.4) is 0 Å². The quantitative estimate of drug-likeness (QED) is 0.473. The summed E-state index contributed by atoms with van der Waals surface area (Å²) in [6.45, 7) is -0.229. The summed E-state index contributed by atoms with van der Waals surface area (Å²) in [4.78, 5) is 10.7. The van der Waals surface area contributed by atoms with E-state index in [9.17, 15) is 15.2 Å². The number of rotatable bonds is 4. The van der Waals surface area contributed by atoms with Gasteiger partial charge in [0.2, 0.25) is 13.3 Å². The molecule has 3 rings (SSSR count). The standard InChI is InChI=1S/C15H12INO5/c16-13-14(18)10(6-12-15(13)22-8-21-12)11(7-17(19)20)9-4-2-1-3-5-9/h1-6,11,18H,7-8H2. The lowest BCUT2D eigenvalue weighted by atomic mass is 9.90. The fourth-order valence-corrected chi connectivity index (χ4v) is 3.23. The second kappa shape index (κ2) is 5.99. The molecule has 0 fully saturated rings. The van der Waals surface area contributed by atoms with Gasteiger partial charge in [-0.1, -0.05) is 30.3 Å². The summed E-state index contributed by atoms with van der Waals surface area (Å²) in [6, 6.07) is 10.7. The van der Waals surface area contributed by atoms with Crippen molar-refractivity contribution in [1.82, 2.24) is 0 Å². The first-order valence-corrected chi connectivity index (χ1v) is 7.63. The number of phenols is 1. The van der Waals surface area contributed by atoms with Gasteiger partial charge in [0.15, 0.2) is 11.5 Å². The smallest absolute Gasteiger partial charge is 0.231 e. The first-order chi connectivity index (χ1) is 10.6. The molecule has 1 heterocycles. The Bertz CT molecular complexity index is 720. The lowest BCUT2D eigenvalue weighted by Gasteiger charge is -2.17. The fourth-order valence-electron chi connectivity index (χ4n) is 2.49. The van der Waals surface area contributed by atoms with Crippen LogP contribution in [0.5, 0.6) is 17.2 Å². The molecule has 0 saturated heterocycles. The summed E-state index contributed by atoms with van der Waals surface area (Å²) >= 11 is 1.96. The molecule has 1 atom stereocenters. The SMILES string of the molecule is O=[N+]([O-])CC(c1ccccc1)c1cc2c(c(I)c1O)OCO2. The number of hydrogen-bond acceptors (Lipinski definition) is 5. The van der Waals surface area contributed by atoms with E-state index in [1.807, 2.05) is 52.9 Å². The monoisotopic (exact) mass is 413 g/mol. The van der Waals surface area contributed by atoms with Crippen LogP contribution in [0.1, 0.15) is 17.0 Å². The van der Waals surface area contributed by atoms with Gasteiger partial charge in [-0.05, 0) is 34.2 Å². The highest BCUT2D eigenvalue weighted by Crippen LogP contribution is 2.46. The Kier molecular flexibility index (Phi) is 4.06. The molecule has 0 aliphatic carbocycles. The molecule has 2 aromatic carbocycles. The van der Waals surface area contributed by atoms with Crippen LogP contribution in [-0.2, 0) is 0 Å². The maximum absolute atomic E-state index is 11.1. The molecule has 0 spiro atoms. The molecule has 1 aliphatic rings. The predicted molar refractivity (Wildman–Crippen MR) is 87.1 cm³/mol. The van der Waals surface area contributed by atoms with E-state index in [2.05, 4.69) is 0 Å². The van der Waals surface area contributed by atoms with Crippen LogP contribution in [-0.4, -0.2) is 23.4 Å². The summed E-state index contributed by atoms with van der Waals surface area (Å²) in [5, 5.41) is 21.5. The number of hydrogen-bond donors (Lipinski definition) is 1. The fraction of sp³-hybridized carbons (Fsp3) is 0.200. The lowest BCUT2D eigenvalue weighted by Crippen LogP contribution is -2.14. The third-order valence-electron chi connectivity index (χ3n) is 3.52. The first-order valence-electron chi connectivity index (χ1n) is 6.55. The Hall–Kier alpha value is -2.03. The van der Waals surface area contributed by atoms with Crippen LogP contribution in [0.2, 0.25) is 0 Å². The van der Waals surface area contributed by atoms with Crippen LogP contribution in [0.4, 0.5) is 0 Å². The molecule has 22 heavy (non-hydrogen) atoms. The molecular formula is C15H12INO5. The first kappa shape index (κ1) is 14.9. The Morgan fingerprint density at radius 2 is 2.05 bits per heavy atom. The van der Waals surface area contributed by atoms with Gasteiger partial charge in [0, 0.05) is 10.5 Å². The largest absolute Gasteiger partial charge is 0.506 e. The molecular weight excluding hydrogens is 401 g/mol. The minimum absolute atomic E-state index is 0.000512. The number of nitro groups is 1. The second-order valence-corrected chi connectivity index (χ2v) is 5.92. The van der Waals surface area contributed by atoms with E-state index in [0.717, 1.165) is 5.56 Å². The number of nitrogens with zero attached hydrogens (tertiary/aromatic N) is 1. The zero-order valence-corrected chi connectivity index (χ0v) is 13.5. The van der Waals surface area contributed by atoms with Gasteiger partial charge in [-0.3, -0.25) is 10.1 Å². The van der Waals surface area contributed by atoms with E-state index < -0.39 is 5.92 Å². The van der Waals surface area contributed by atoms with E-state index in [1.54, 1.807) is 6.07 Å². The maximum Gasteiger partial charge on any atom is 0.231 e. The van der Waals surface area contributed by atoms with Gasteiger partial charge in [-0.25, -0.2) is 0 Å². The van der Waals surface area contributed by atoms with Crippen molar-refractivity contribution in [2.45, 2.75) is 5.92 Å². The normalized spacial score (nSPS) is 13.9. The number of aromatic hydroxyl groups is 1. The number of benzene rings is 2. The van der Waals surface area contributed by atoms with Gasteiger partial charge in [-0.15, -0.1) is 0 Å². The maximum atomic E-state index is 11.1. The zero-order chi connectivity index (χ0) is 15.7. The van der Waals surface area contributed by atoms with Gasteiger partial charge < -0.3 is 14.6 Å². The molecule has 1 aliphatic heterocycles. The third kappa shape index (κ3) is 2.68. The molecule has 0 amide bonds. The molecule has 6 nitrogen and oxygen atoms in total.